The Bertz CT molecular complexity index is 2720. The molecule has 0 radical (unpaired) electrons. The third-order valence-electron chi connectivity index (χ3n) is 13.3. The summed E-state index contributed by atoms with van der Waals surface area (Å²) in [5.41, 5.74) is 8.03. The van der Waals surface area contributed by atoms with Gasteiger partial charge in [0.05, 0.1) is 22.1 Å². The number of aromatic nitrogens is 1. The molecule has 1 unspecified atom stereocenters. The van der Waals surface area contributed by atoms with Gasteiger partial charge in [-0.05, 0) is 97.4 Å². The lowest BCUT2D eigenvalue weighted by atomic mass is 9.59. The van der Waals surface area contributed by atoms with Gasteiger partial charge in [0.2, 0.25) is 0 Å². The van der Waals surface area contributed by atoms with E-state index in [2.05, 4.69) is 211 Å². The van der Waals surface area contributed by atoms with Gasteiger partial charge in [0.15, 0.2) is 0 Å². The molecule has 278 valence electrons. The average molecular weight is 732 g/mol. The highest BCUT2D eigenvalue weighted by Crippen LogP contribution is 2.53. The normalized spacial score (nSPS) is 16.5. The fraction of sp³-hybridized carbons (Fsp3) is 0.231. The Morgan fingerprint density at radius 2 is 1.11 bits per heavy atom. The van der Waals surface area contributed by atoms with Crippen LogP contribution < -0.4 is 5.46 Å². The maximum atomic E-state index is 6.68. The highest BCUT2D eigenvalue weighted by Gasteiger charge is 2.52. The Kier molecular flexibility index (Phi) is 8.65. The van der Waals surface area contributed by atoms with Crippen LogP contribution in [0.2, 0.25) is 0 Å². The summed E-state index contributed by atoms with van der Waals surface area (Å²) >= 11 is 0. The lowest BCUT2D eigenvalue weighted by Crippen LogP contribution is -2.41. The number of benzene rings is 7. The van der Waals surface area contributed by atoms with Crippen molar-refractivity contribution in [2.75, 3.05) is 0 Å². The molecule has 1 aliphatic rings. The summed E-state index contributed by atoms with van der Waals surface area (Å²) in [7, 11) is -0.479. The number of allylic oxidation sites excluding steroid dienone is 1. The molecule has 4 heteroatoms. The molecule has 9 rings (SSSR count). The summed E-state index contributed by atoms with van der Waals surface area (Å²) < 4.78 is 16.0. The smallest absolute Gasteiger partial charge is 0.399 e. The average Bonchev–Trinajstić information content (AvgIpc) is 3.67. The second-order valence-corrected chi connectivity index (χ2v) is 16.9. The number of hydrogen-bond donors (Lipinski definition) is 0. The van der Waals surface area contributed by atoms with Crippen LogP contribution in [0.5, 0.6) is 0 Å². The number of hydrogen-bond acceptors (Lipinski definition) is 2. The first-order chi connectivity index (χ1) is 27.0. The lowest BCUT2D eigenvalue weighted by Gasteiger charge is -2.45. The molecule has 0 aliphatic carbocycles. The summed E-state index contributed by atoms with van der Waals surface area (Å²) in [4.78, 5) is 0. The zero-order chi connectivity index (χ0) is 39.0. The van der Waals surface area contributed by atoms with E-state index in [1.54, 1.807) is 0 Å². The van der Waals surface area contributed by atoms with E-state index in [0.717, 1.165) is 11.0 Å². The molecule has 2 heterocycles. The molecule has 3 nitrogen and oxygen atoms in total. The van der Waals surface area contributed by atoms with Gasteiger partial charge in [-0.1, -0.05) is 165 Å². The van der Waals surface area contributed by atoms with Crippen LogP contribution in [0.25, 0.3) is 48.9 Å². The first-order valence-corrected chi connectivity index (χ1v) is 20.0. The Morgan fingerprint density at radius 1 is 0.607 bits per heavy atom. The zero-order valence-corrected chi connectivity index (χ0v) is 33.6. The van der Waals surface area contributed by atoms with Crippen molar-refractivity contribution in [3.63, 3.8) is 0 Å². The molecule has 56 heavy (non-hydrogen) atoms. The van der Waals surface area contributed by atoms with Gasteiger partial charge in [-0.15, -0.1) is 0 Å². The maximum absolute atomic E-state index is 6.68. The Labute approximate surface area is 331 Å². The number of nitrogens with zero attached hydrogens (tertiary/aromatic N) is 1. The van der Waals surface area contributed by atoms with Crippen LogP contribution in [0.1, 0.15) is 76.8 Å². The van der Waals surface area contributed by atoms with Crippen LogP contribution in [0.3, 0.4) is 0 Å². The number of rotatable bonds is 8. The Morgan fingerprint density at radius 3 is 1.70 bits per heavy atom. The molecule has 1 saturated heterocycles. The standard InChI is InChI=1S/C52H50BNO2/c1-34(2)40-25-19-20-30-46(40)52(37-21-11-9-12-22-37,38-23-13-10-14-24-38)35(3)36(4)54-47-33-39(53-55-50(5,6)51(7,8)56-53)31-32-45(47)48-43-28-17-15-26-41(43)42-27-16-18-29-44(42)49(48)54/h9-33,35-36H,1H2,2-8H3/t35?,36-/m0/s1. The van der Waals surface area contributed by atoms with E-state index in [1.807, 2.05) is 0 Å². The monoisotopic (exact) mass is 731 g/mol. The van der Waals surface area contributed by atoms with Gasteiger partial charge in [0.25, 0.3) is 0 Å². The van der Waals surface area contributed by atoms with E-state index in [1.165, 1.54) is 65.6 Å². The predicted molar refractivity (Wildman–Crippen MR) is 238 cm³/mol. The van der Waals surface area contributed by atoms with Gasteiger partial charge in [-0.3, -0.25) is 0 Å². The molecule has 0 amide bonds. The van der Waals surface area contributed by atoms with Crippen LogP contribution >= 0.6 is 0 Å². The van der Waals surface area contributed by atoms with Gasteiger partial charge in [0.1, 0.15) is 0 Å². The van der Waals surface area contributed by atoms with Crippen LogP contribution in [-0.4, -0.2) is 22.9 Å². The SMILES string of the molecule is C=C(C)c1ccccc1C(c1ccccc1)(c1ccccc1)C(C)[C@H](C)n1c2cc(B3OC(C)(C)C(C)(C)O3)ccc2c2c3ccccc3c3ccccc3c21. The Hall–Kier alpha value is -5.42. The fourth-order valence-corrected chi connectivity index (χ4v) is 9.71. The maximum Gasteiger partial charge on any atom is 0.494 e. The van der Waals surface area contributed by atoms with E-state index < -0.39 is 23.7 Å². The lowest BCUT2D eigenvalue weighted by molar-refractivity contribution is 0.00578. The van der Waals surface area contributed by atoms with Gasteiger partial charge in [0, 0.05) is 27.7 Å². The second kappa shape index (κ2) is 13.4. The molecule has 1 aliphatic heterocycles. The molecule has 0 N–H and O–H groups in total. The number of fused-ring (bicyclic) bond motifs is 8. The molecule has 2 atom stereocenters. The van der Waals surface area contributed by atoms with Crippen LogP contribution in [0.4, 0.5) is 0 Å². The van der Waals surface area contributed by atoms with Crippen molar-refractivity contribution in [3.8, 4) is 0 Å². The molecular formula is C52H50BNO2. The minimum Gasteiger partial charge on any atom is -0.399 e. The van der Waals surface area contributed by atoms with Crippen LogP contribution in [0.15, 0.2) is 158 Å². The van der Waals surface area contributed by atoms with Crippen molar-refractivity contribution in [1.82, 2.24) is 4.57 Å². The minimum atomic E-state index is -0.545. The van der Waals surface area contributed by atoms with Crippen LogP contribution in [0, 0.1) is 5.92 Å². The molecular weight excluding hydrogens is 681 g/mol. The van der Waals surface area contributed by atoms with Crippen molar-refractivity contribution in [2.24, 2.45) is 5.92 Å². The Balaban J connectivity index is 1.40. The first kappa shape index (κ1) is 36.2. The fourth-order valence-electron chi connectivity index (χ4n) is 9.71. The summed E-state index contributed by atoms with van der Waals surface area (Å²) in [6.07, 6.45) is 0. The summed E-state index contributed by atoms with van der Waals surface area (Å²) in [6.45, 7) is 20.0. The van der Waals surface area contributed by atoms with E-state index in [-0.39, 0.29) is 12.0 Å². The summed E-state index contributed by atoms with van der Waals surface area (Å²) in [5.74, 6) is 0.0392. The van der Waals surface area contributed by atoms with Gasteiger partial charge < -0.3 is 13.9 Å². The van der Waals surface area contributed by atoms with Gasteiger partial charge in [-0.25, -0.2) is 0 Å². The van der Waals surface area contributed by atoms with Gasteiger partial charge >= 0.3 is 7.12 Å². The quantitative estimate of drug-likeness (QED) is 0.0882. The van der Waals surface area contributed by atoms with E-state index in [4.69, 9.17) is 9.31 Å². The van der Waals surface area contributed by atoms with E-state index >= 15 is 0 Å². The van der Waals surface area contributed by atoms with Crippen LogP contribution in [-0.2, 0) is 14.7 Å². The third kappa shape index (κ3) is 5.34. The molecule has 0 bridgehead atoms. The van der Waals surface area contributed by atoms with Crippen molar-refractivity contribution in [1.29, 1.82) is 0 Å². The highest BCUT2D eigenvalue weighted by atomic mass is 16.7. The van der Waals surface area contributed by atoms with Crippen molar-refractivity contribution in [3.05, 3.63) is 180 Å². The molecule has 0 spiro atoms. The molecule has 7 aromatic carbocycles. The highest BCUT2D eigenvalue weighted by molar-refractivity contribution is 6.62. The van der Waals surface area contributed by atoms with Crippen molar-refractivity contribution >= 4 is 61.5 Å². The predicted octanol–water partition coefficient (Wildman–Crippen LogP) is 12.7. The van der Waals surface area contributed by atoms with Crippen molar-refractivity contribution in [2.45, 2.75) is 71.1 Å². The summed E-state index contributed by atoms with van der Waals surface area (Å²) in [6, 6.07) is 55.9. The van der Waals surface area contributed by atoms with E-state index in [9.17, 15) is 0 Å². The molecule has 1 aromatic heterocycles. The topological polar surface area (TPSA) is 23.4 Å². The summed E-state index contributed by atoms with van der Waals surface area (Å²) in [5, 5.41) is 7.55. The van der Waals surface area contributed by atoms with Gasteiger partial charge in [-0.2, -0.15) is 0 Å². The van der Waals surface area contributed by atoms with E-state index in [0.29, 0.717) is 0 Å². The van der Waals surface area contributed by atoms with Crippen molar-refractivity contribution < 1.29 is 9.31 Å². The molecule has 0 saturated carbocycles. The minimum absolute atomic E-state index is 0.00768. The first-order valence-electron chi connectivity index (χ1n) is 20.0. The zero-order valence-electron chi connectivity index (χ0n) is 33.6. The largest absolute Gasteiger partial charge is 0.494 e. The third-order valence-corrected chi connectivity index (χ3v) is 13.3. The molecule has 8 aromatic rings. The second-order valence-electron chi connectivity index (χ2n) is 16.9. The molecule has 1 fully saturated rings.